The molecule has 0 amide bonds. The Morgan fingerprint density at radius 3 is 2.90 bits per heavy atom. The van der Waals surface area contributed by atoms with Crippen molar-refractivity contribution in [1.82, 2.24) is 10.3 Å². The minimum Gasteiger partial charge on any atom is -0.467 e. The number of nitrogens with one attached hydrogen (secondary N) is 1. The molecule has 0 spiro atoms. The average Bonchev–Trinajstić information content (AvgIpc) is 2.93. The molecule has 0 unspecified atom stereocenters. The Labute approximate surface area is 118 Å². The summed E-state index contributed by atoms with van der Waals surface area (Å²) in [6.45, 7) is 4.98. The smallest absolute Gasteiger partial charge is 0.125 e. The lowest BCUT2D eigenvalue weighted by atomic mass is 10.1. The van der Waals surface area contributed by atoms with Gasteiger partial charge in [0.15, 0.2) is 0 Å². The minimum absolute atomic E-state index is 0.433. The van der Waals surface area contributed by atoms with Gasteiger partial charge in [-0.2, -0.15) is 0 Å². The Bertz CT molecular complexity index is 716. The largest absolute Gasteiger partial charge is 0.467 e. The van der Waals surface area contributed by atoms with Crippen LogP contribution >= 0.6 is 0 Å². The summed E-state index contributed by atoms with van der Waals surface area (Å²) in [5.74, 6) is 0.954. The van der Waals surface area contributed by atoms with Crippen LogP contribution in [-0.4, -0.2) is 11.0 Å². The molecule has 20 heavy (non-hydrogen) atoms. The summed E-state index contributed by atoms with van der Waals surface area (Å²) in [5.41, 5.74) is 3.22. The van der Waals surface area contributed by atoms with Gasteiger partial charge in [0, 0.05) is 28.8 Å². The maximum atomic E-state index is 5.59. The highest BCUT2D eigenvalue weighted by Crippen LogP contribution is 2.26. The molecule has 2 heterocycles. The van der Waals surface area contributed by atoms with Gasteiger partial charge in [0.25, 0.3) is 0 Å². The van der Waals surface area contributed by atoms with Gasteiger partial charge >= 0.3 is 0 Å². The van der Waals surface area contributed by atoms with Crippen LogP contribution in [0.15, 0.2) is 53.3 Å². The Kier molecular flexibility index (Phi) is 3.52. The van der Waals surface area contributed by atoms with Gasteiger partial charge in [-0.25, -0.2) is 0 Å². The first kappa shape index (κ1) is 12.9. The van der Waals surface area contributed by atoms with Crippen molar-refractivity contribution in [2.24, 2.45) is 0 Å². The third-order valence-electron chi connectivity index (χ3n) is 3.32. The van der Waals surface area contributed by atoms with Crippen LogP contribution in [0, 0.1) is 0 Å². The molecular formula is C17H18N2O. The van der Waals surface area contributed by atoms with Gasteiger partial charge in [0.05, 0.1) is 18.3 Å². The third kappa shape index (κ3) is 2.58. The van der Waals surface area contributed by atoms with E-state index in [1.807, 2.05) is 30.5 Å². The molecule has 1 N–H and O–H groups in total. The molecule has 3 aromatic rings. The number of aromatic nitrogens is 1. The molecule has 2 aromatic heterocycles. The predicted molar refractivity (Wildman–Crippen MR) is 81.4 cm³/mol. The Morgan fingerprint density at radius 1 is 1.20 bits per heavy atom. The number of rotatable bonds is 4. The van der Waals surface area contributed by atoms with Crippen molar-refractivity contribution in [3.05, 3.63) is 54.6 Å². The van der Waals surface area contributed by atoms with E-state index in [-0.39, 0.29) is 0 Å². The second-order valence-corrected chi connectivity index (χ2v) is 5.21. The molecule has 0 saturated heterocycles. The van der Waals surface area contributed by atoms with Crippen LogP contribution < -0.4 is 5.32 Å². The third-order valence-corrected chi connectivity index (χ3v) is 3.32. The van der Waals surface area contributed by atoms with Crippen molar-refractivity contribution in [2.45, 2.75) is 26.4 Å². The van der Waals surface area contributed by atoms with E-state index in [1.165, 1.54) is 0 Å². The quantitative estimate of drug-likeness (QED) is 0.775. The van der Waals surface area contributed by atoms with Crippen LogP contribution in [0.1, 0.15) is 19.6 Å². The van der Waals surface area contributed by atoms with Crippen LogP contribution in [0.4, 0.5) is 0 Å². The van der Waals surface area contributed by atoms with Crippen LogP contribution in [0.2, 0.25) is 0 Å². The second-order valence-electron chi connectivity index (χ2n) is 5.21. The molecule has 3 rings (SSSR count). The number of furan rings is 1. The fraction of sp³-hybridized carbons (Fsp3) is 0.235. The second kappa shape index (κ2) is 5.47. The van der Waals surface area contributed by atoms with E-state index in [9.17, 15) is 0 Å². The Hall–Kier alpha value is -2.13. The molecule has 0 aliphatic heterocycles. The van der Waals surface area contributed by atoms with E-state index in [2.05, 4.69) is 36.3 Å². The summed E-state index contributed by atoms with van der Waals surface area (Å²) in [7, 11) is 0. The highest BCUT2D eigenvalue weighted by molar-refractivity contribution is 5.83. The topological polar surface area (TPSA) is 38.1 Å². The number of pyridine rings is 1. The van der Waals surface area contributed by atoms with Gasteiger partial charge < -0.3 is 9.73 Å². The van der Waals surface area contributed by atoms with Crippen LogP contribution in [0.25, 0.3) is 22.0 Å². The average molecular weight is 266 g/mol. The van der Waals surface area contributed by atoms with E-state index in [0.717, 1.165) is 34.3 Å². The van der Waals surface area contributed by atoms with Crippen molar-refractivity contribution in [2.75, 3.05) is 0 Å². The normalized spacial score (nSPS) is 11.3. The summed E-state index contributed by atoms with van der Waals surface area (Å²) in [6, 6.07) is 12.7. The SMILES string of the molecule is CC(C)NCc1occc1-c1cnc2ccccc2c1. The van der Waals surface area contributed by atoms with E-state index < -0.39 is 0 Å². The number of para-hydroxylation sites is 1. The standard InChI is InChI=1S/C17H18N2O/c1-12(2)18-11-17-15(7-8-20-17)14-9-13-5-3-4-6-16(13)19-10-14/h3-10,12,18H,11H2,1-2H3. The number of hydrogen-bond acceptors (Lipinski definition) is 3. The maximum Gasteiger partial charge on any atom is 0.125 e. The van der Waals surface area contributed by atoms with Crippen molar-refractivity contribution in [1.29, 1.82) is 0 Å². The molecule has 1 aromatic carbocycles. The van der Waals surface area contributed by atoms with Gasteiger partial charge in [0.1, 0.15) is 5.76 Å². The molecule has 0 aliphatic rings. The van der Waals surface area contributed by atoms with Crippen LogP contribution in [-0.2, 0) is 6.54 Å². The maximum absolute atomic E-state index is 5.59. The lowest BCUT2D eigenvalue weighted by Crippen LogP contribution is -2.21. The summed E-state index contributed by atoms with van der Waals surface area (Å²) < 4.78 is 5.59. The van der Waals surface area contributed by atoms with E-state index in [0.29, 0.717) is 6.04 Å². The first-order valence-electron chi connectivity index (χ1n) is 6.89. The zero-order valence-corrected chi connectivity index (χ0v) is 11.8. The van der Waals surface area contributed by atoms with E-state index in [1.54, 1.807) is 6.26 Å². The monoisotopic (exact) mass is 266 g/mol. The lowest BCUT2D eigenvalue weighted by Gasteiger charge is -2.08. The summed E-state index contributed by atoms with van der Waals surface area (Å²) in [4.78, 5) is 4.51. The molecule has 0 radical (unpaired) electrons. The molecular weight excluding hydrogens is 248 g/mol. The predicted octanol–water partition coefficient (Wildman–Crippen LogP) is 3.99. The first-order chi connectivity index (χ1) is 9.74. The Morgan fingerprint density at radius 2 is 2.05 bits per heavy atom. The minimum atomic E-state index is 0.433. The zero-order valence-electron chi connectivity index (χ0n) is 11.8. The fourth-order valence-electron chi connectivity index (χ4n) is 2.25. The number of hydrogen-bond donors (Lipinski definition) is 1. The van der Waals surface area contributed by atoms with E-state index >= 15 is 0 Å². The van der Waals surface area contributed by atoms with Crippen molar-refractivity contribution < 1.29 is 4.42 Å². The lowest BCUT2D eigenvalue weighted by molar-refractivity contribution is 0.466. The van der Waals surface area contributed by atoms with Crippen molar-refractivity contribution in [3.8, 4) is 11.1 Å². The van der Waals surface area contributed by atoms with Crippen molar-refractivity contribution in [3.63, 3.8) is 0 Å². The summed E-state index contributed by atoms with van der Waals surface area (Å²) in [6.07, 6.45) is 3.65. The fourth-order valence-corrected chi connectivity index (χ4v) is 2.25. The van der Waals surface area contributed by atoms with Crippen molar-refractivity contribution >= 4 is 10.9 Å². The summed E-state index contributed by atoms with van der Waals surface area (Å²) >= 11 is 0. The van der Waals surface area contributed by atoms with Gasteiger partial charge in [-0.3, -0.25) is 4.98 Å². The van der Waals surface area contributed by atoms with Crippen LogP contribution in [0.3, 0.4) is 0 Å². The molecule has 0 fully saturated rings. The highest BCUT2D eigenvalue weighted by Gasteiger charge is 2.10. The molecule has 0 aliphatic carbocycles. The number of nitrogens with zero attached hydrogens (tertiary/aromatic N) is 1. The Balaban J connectivity index is 1.96. The molecule has 0 saturated carbocycles. The highest BCUT2D eigenvalue weighted by atomic mass is 16.3. The zero-order chi connectivity index (χ0) is 13.9. The van der Waals surface area contributed by atoms with Gasteiger partial charge in [-0.15, -0.1) is 0 Å². The van der Waals surface area contributed by atoms with Crippen LogP contribution in [0.5, 0.6) is 0 Å². The molecule has 0 atom stereocenters. The molecule has 3 nitrogen and oxygen atoms in total. The number of fused-ring (bicyclic) bond motifs is 1. The summed E-state index contributed by atoms with van der Waals surface area (Å²) in [5, 5.41) is 4.53. The molecule has 102 valence electrons. The van der Waals surface area contributed by atoms with Gasteiger partial charge in [-0.05, 0) is 18.2 Å². The molecule has 3 heteroatoms. The van der Waals surface area contributed by atoms with Gasteiger partial charge in [-0.1, -0.05) is 32.0 Å². The van der Waals surface area contributed by atoms with E-state index in [4.69, 9.17) is 4.42 Å². The van der Waals surface area contributed by atoms with Gasteiger partial charge in [0.2, 0.25) is 0 Å². The number of benzene rings is 1. The first-order valence-corrected chi connectivity index (χ1v) is 6.89. The molecule has 0 bridgehead atoms.